The summed E-state index contributed by atoms with van der Waals surface area (Å²) in [4.78, 5) is 5.04. The third-order valence-electron chi connectivity index (χ3n) is 4.97. The summed E-state index contributed by atoms with van der Waals surface area (Å²) in [6, 6.07) is 0.718. The van der Waals surface area contributed by atoms with Gasteiger partial charge in [0.1, 0.15) is 0 Å². The largest absolute Gasteiger partial charge is 0.392 e. The van der Waals surface area contributed by atoms with E-state index in [1.807, 2.05) is 0 Å². The number of likely N-dealkylation sites (N-methyl/N-ethyl adjacent to an activating group) is 1. The molecule has 2 rings (SSSR count). The van der Waals surface area contributed by atoms with Crippen LogP contribution in [0.1, 0.15) is 46.0 Å². The third-order valence-corrected chi connectivity index (χ3v) is 4.97. The lowest BCUT2D eigenvalue weighted by molar-refractivity contribution is 0.0709. The predicted molar refractivity (Wildman–Crippen MR) is 75.7 cm³/mol. The number of hydrogen-bond donors (Lipinski definition) is 1. The van der Waals surface area contributed by atoms with Crippen molar-refractivity contribution in [3.05, 3.63) is 0 Å². The lowest BCUT2D eigenvalue weighted by Crippen LogP contribution is -2.39. The fourth-order valence-electron chi connectivity index (χ4n) is 3.77. The predicted octanol–water partition coefficient (Wildman–Crippen LogP) is 1.95. The van der Waals surface area contributed by atoms with Gasteiger partial charge in [-0.1, -0.05) is 26.7 Å². The van der Waals surface area contributed by atoms with Crippen LogP contribution in [0.5, 0.6) is 0 Å². The fraction of sp³-hybridized carbons (Fsp3) is 1.00. The van der Waals surface area contributed by atoms with E-state index in [0.29, 0.717) is 5.92 Å². The molecule has 1 aliphatic carbocycles. The average molecular weight is 254 g/mol. The molecule has 3 heteroatoms. The molecule has 0 aromatic rings. The van der Waals surface area contributed by atoms with Crippen molar-refractivity contribution in [2.24, 2.45) is 5.92 Å². The summed E-state index contributed by atoms with van der Waals surface area (Å²) >= 11 is 0. The van der Waals surface area contributed by atoms with Gasteiger partial charge in [-0.25, -0.2) is 0 Å². The quantitative estimate of drug-likeness (QED) is 0.785. The zero-order chi connectivity index (χ0) is 13.0. The number of nitrogens with zero attached hydrogens (tertiary/aromatic N) is 2. The Morgan fingerprint density at radius 2 is 1.83 bits per heavy atom. The monoisotopic (exact) mass is 254 g/mol. The Labute approximate surface area is 112 Å². The van der Waals surface area contributed by atoms with Gasteiger partial charge in [0.2, 0.25) is 0 Å². The zero-order valence-electron chi connectivity index (χ0n) is 12.1. The summed E-state index contributed by atoms with van der Waals surface area (Å²) in [5.41, 5.74) is 0. The molecule has 0 spiro atoms. The first-order valence-electron chi connectivity index (χ1n) is 7.89. The second-order valence-electron chi connectivity index (χ2n) is 6.04. The minimum atomic E-state index is -0.0806. The molecule has 0 bridgehead atoms. The van der Waals surface area contributed by atoms with Crippen molar-refractivity contribution in [1.82, 2.24) is 9.80 Å². The van der Waals surface area contributed by atoms with Gasteiger partial charge in [0, 0.05) is 19.1 Å². The summed E-state index contributed by atoms with van der Waals surface area (Å²) in [6.07, 6.45) is 6.33. The van der Waals surface area contributed by atoms with E-state index in [-0.39, 0.29) is 6.10 Å². The fourth-order valence-corrected chi connectivity index (χ4v) is 3.77. The molecular formula is C15H30N2O. The highest BCUT2D eigenvalue weighted by Crippen LogP contribution is 2.28. The summed E-state index contributed by atoms with van der Waals surface area (Å²) in [5.74, 6) is 0.581. The van der Waals surface area contributed by atoms with Crippen LogP contribution >= 0.6 is 0 Å². The molecule has 1 saturated carbocycles. The maximum atomic E-state index is 10.3. The molecule has 0 aromatic carbocycles. The van der Waals surface area contributed by atoms with Crippen molar-refractivity contribution in [1.29, 1.82) is 0 Å². The molecule has 1 heterocycles. The summed E-state index contributed by atoms with van der Waals surface area (Å²) in [5, 5.41) is 10.3. The number of hydrogen-bond acceptors (Lipinski definition) is 3. The van der Waals surface area contributed by atoms with E-state index in [9.17, 15) is 5.11 Å². The molecule has 2 atom stereocenters. The van der Waals surface area contributed by atoms with Crippen LogP contribution in [0.15, 0.2) is 0 Å². The van der Waals surface area contributed by atoms with E-state index in [4.69, 9.17) is 0 Å². The zero-order valence-corrected chi connectivity index (χ0v) is 12.1. The highest BCUT2D eigenvalue weighted by Gasteiger charge is 2.30. The number of aliphatic hydroxyl groups is 1. The molecule has 0 amide bonds. The molecule has 106 valence electrons. The molecule has 0 radical (unpaired) electrons. The van der Waals surface area contributed by atoms with E-state index < -0.39 is 0 Å². The van der Waals surface area contributed by atoms with Crippen molar-refractivity contribution in [2.45, 2.75) is 58.1 Å². The molecule has 3 nitrogen and oxygen atoms in total. The van der Waals surface area contributed by atoms with E-state index in [1.165, 1.54) is 38.6 Å². The lowest BCUT2D eigenvalue weighted by Gasteiger charge is -2.27. The van der Waals surface area contributed by atoms with Crippen LogP contribution in [0.4, 0.5) is 0 Å². The van der Waals surface area contributed by atoms with E-state index in [0.717, 1.165) is 32.2 Å². The Morgan fingerprint density at radius 1 is 1.17 bits per heavy atom. The third kappa shape index (κ3) is 3.46. The van der Waals surface area contributed by atoms with E-state index >= 15 is 0 Å². The number of likely N-dealkylation sites (tertiary alicyclic amines) is 1. The minimum absolute atomic E-state index is 0.0806. The number of β-amino-alcohol motifs (C(OH)–C–C–N with tert-alkyl or cyclic N) is 1. The summed E-state index contributed by atoms with van der Waals surface area (Å²) < 4.78 is 0. The van der Waals surface area contributed by atoms with Crippen molar-refractivity contribution >= 4 is 0 Å². The standard InChI is InChI=1S/C15H30N2O/c1-3-17(4-2)14-9-10-16(11-14)12-15(18)13-7-5-6-8-13/h13-15,18H,3-12H2,1-2H3. The highest BCUT2D eigenvalue weighted by atomic mass is 16.3. The van der Waals surface area contributed by atoms with Crippen molar-refractivity contribution < 1.29 is 5.11 Å². The van der Waals surface area contributed by atoms with Gasteiger partial charge in [-0.05, 0) is 44.8 Å². The molecule has 2 aliphatic rings. The topological polar surface area (TPSA) is 26.7 Å². The van der Waals surface area contributed by atoms with Crippen LogP contribution < -0.4 is 0 Å². The molecule has 18 heavy (non-hydrogen) atoms. The van der Waals surface area contributed by atoms with Gasteiger partial charge in [0.05, 0.1) is 6.10 Å². The Kier molecular flexibility index (Phi) is 5.46. The maximum Gasteiger partial charge on any atom is 0.0695 e. The molecule has 0 aromatic heterocycles. The maximum absolute atomic E-state index is 10.3. The van der Waals surface area contributed by atoms with Gasteiger partial charge >= 0.3 is 0 Å². The SMILES string of the molecule is CCN(CC)C1CCN(CC(O)C2CCCC2)C1. The van der Waals surface area contributed by atoms with Crippen LogP contribution in [-0.4, -0.2) is 59.8 Å². The second-order valence-corrected chi connectivity index (χ2v) is 6.04. The van der Waals surface area contributed by atoms with Gasteiger partial charge in [0.15, 0.2) is 0 Å². The first-order valence-corrected chi connectivity index (χ1v) is 7.89. The molecule has 1 aliphatic heterocycles. The van der Waals surface area contributed by atoms with Gasteiger partial charge in [-0.15, -0.1) is 0 Å². The van der Waals surface area contributed by atoms with Crippen LogP contribution in [0.3, 0.4) is 0 Å². The second kappa shape index (κ2) is 6.88. The Hall–Kier alpha value is -0.120. The minimum Gasteiger partial charge on any atom is -0.392 e. The first-order chi connectivity index (χ1) is 8.74. The van der Waals surface area contributed by atoms with Gasteiger partial charge in [-0.3, -0.25) is 9.80 Å². The van der Waals surface area contributed by atoms with Crippen molar-refractivity contribution in [2.75, 3.05) is 32.7 Å². The van der Waals surface area contributed by atoms with Gasteiger partial charge < -0.3 is 5.11 Å². The summed E-state index contributed by atoms with van der Waals surface area (Å²) in [6.45, 7) is 10.0. The molecule has 2 unspecified atom stereocenters. The summed E-state index contributed by atoms with van der Waals surface area (Å²) in [7, 11) is 0. The van der Waals surface area contributed by atoms with Crippen LogP contribution in [-0.2, 0) is 0 Å². The van der Waals surface area contributed by atoms with Crippen LogP contribution in [0.2, 0.25) is 0 Å². The van der Waals surface area contributed by atoms with Gasteiger partial charge in [0.25, 0.3) is 0 Å². The smallest absolute Gasteiger partial charge is 0.0695 e. The number of aliphatic hydroxyl groups excluding tert-OH is 1. The van der Waals surface area contributed by atoms with Crippen LogP contribution in [0.25, 0.3) is 0 Å². The highest BCUT2D eigenvalue weighted by molar-refractivity contribution is 4.85. The first kappa shape index (κ1) is 14.3. The molecule has 2 fully saturated rings. The Morgan fingerprint density at radius 3 is 2.44 bits per heavy atom. The van der Waals surface area contributed by atoms with Crippen molar-refractivity contribution in [3.63, 3.8) is 0 Å². The lowest BCUT2D eigenvalue weighted by atomic mass is 10.0. The van der Waals surface area contributed by atoms with E-state index in [2.05, 4.69) is 23.6 Å². The van der Waals surface area contributed by atoms with Gasteiger partial charge in [-0.2, -0.15) is 0 Å². The van der Waals surface area contributed by atoms with E-state index in [1.54, 1.807) is 0 Å². The average Bonchev–Trinajstić information content (AvgIpc) is 3.01. The van der Waals surface area contributed by atoms with Crippen molar-refractivity contribution in [3.8, 4) is 0 Å². The molecular weight excluding hydrogens is 224 g/mol. The number of rotatable bonds is 6. The molecule has 1 N–H and O–H groups in total. The Bertz CT molecular complexity index is 237. The normalized spacial score (nSPS) is 28.3. The van der Waals surface area contributed by atoms with Crippen LogP contribution in [0, 0.1) is 5.92 Å². The molecule has 1 saturated heterocycles. The Balaban J connectivity index is 1.74.